The summed E-state index contributed by atoms with van der Waals surface area (Å²) in [5.74, 6) is -0.337. The zero-order valence-corrected chi connectivity index (χ0v) is 10.2. The van der Waals surface area contributed by atoms with Gasteiger partial charge in [0.15, 0.2) is 0 Å². The summed E-state index contributed by atoms with van der Waals surface area (Å²) < 4.78 is 9.81. The number of esters is 1. The Morgan fingerprint density at radius 1 is 1.59 bits per heavy atom. The number of aromatic amines is 1. The van der Waals surface area contributed by atoms with Crippen molar-refractivity contribution in [3.63, 3.8) is 0 Å². The highest BCUT2D eigenvalue weighted by molar-refractivity contribution is 5.87. The van der Waals surface area contributed by atoms with Crippen molar-refractivity contribution in [2.24, 2.45) is 5.41 Å². The molecule has 5 nitrogen and oxygen atoms in total. The molecule has 0 saturated carbocycles. The number of ether oxygens (including phenoxy) is 2. The van der Waals surface area contributed by atoms with Gasteiger partial charge in [-0.15, -0.1) is 0 Å². The summed E-state index contributed by atoms with van der Waals surface area (Å²) in [7, 11) is 1.37. The van der Waals surface area contributed by atoms with Crippen molar-refractivity contribution < 1.29 is 14.3 Å². The lowest BCUT2D eigenvalue weighted by atomic mass is 9.89. The van der Waals surface area contributed by atoms with E-state index in [9.17, 15) is 4.79 Å². The van der Waals surface area contributed by atoms with Crippen LogP contribution in [0.1, 0.15) is 23.1 Å². The fourth-order valence-electron chi connectivity index (χ4n) is 1.82. The first kappa shape index (κ1) is 12.1. The van der Waals surface area contributed by atoms with E-state index in [0.29, 0.717) is 12.2 Å². The summed E-state index contributed by atoms with van der Waals surface area (Å²) in [5.41, 5.74) is 1.73. The van der Waals surface area contributed by atoms with Gasteiger partial charge in [-0.05, 0) is 12.1 Å². The van der Waals surface area contributed by atoms with Crippen LogP contribution in [0.15, 0.2) is 12.1 Å². The summed E-state index contributed by atoms with van der Waals surface area (Å²) in [6.07, 6.45) is 0. The van der Waals surface area contributed by atoms with Crippen LogP contribution in [0.25, 0.3) is 0 Å². The third-order valence-corrected chi connectivity index (χ3v) is 2.92. The van der Waals surface area contributed by atoms with Crippen molar-refractivity contribution in [1.29, 1.82) is 0 Å². The van der Waals surface area contributed by atoms with Gasteiger partial charge in [-0.3, -0.25) is 0 Å². The van der Waals surface area contributed by atoms with Gasteiger partial charge in [0, 0.05) is 24.2 Å². The lowest BCUT2D eigenvalue weighted by Gasteiger charge is -2.38. The number of methoxy groups -OCH3 is 1. The number of rotatable bonds is 5. The van der Waals surface area contributed by atoms with Gasteiger partial charge in [0.25, 0.3) is 0 Å². The summed E-state index contributed by atoms with van der Waals surface area (Å²) in [6.45, 7) is 5.46. The standard InChI is InChI=1S/C12H18N2O3/c1-12(7-17-8-12)6-13-5-9-3-4-10(14-9)11(15)16-2/h3-4,13-14H,5-8H2,1-2H3. The minimum absolute atomic E-state index is 0.262. The fraction of sp³-hybridized carbons (Fsp3) is 0.583. The lowest BCUT2D eigenvalue weighted by Crippen LogP contribution is -2.47. The van der Waals surface area contributed by atoms with Gasteiger partial charge in [0.05, 0.1) is 20.3 Å². The van der Waals surface area contributed by atoms with Crippen LogP contribution >= 0.6 is 0 Å². The molecule has 2 N–H and O–H groups in total. The van der Waals surface area contributed by atoms with Gasteiger partial charge < -0.3 is 19.8 Å². The van der Waals surface area contributed by atoms with Crippen LogP contribution in [0.5, 0.6) is 0 Å². The van der Waals surface area contributed by atoms with Crippen LogP contribution in [0.4, 0.5) is 0 Å². The van der Waals surface area contributed by atoms with Crippen molar-refractivity contribution in [3.05, 3.63) is 23.5 Å². The number of carbonyl (C=O) groups is 1. The maximum atomic E-state index is 11.2. The molecule has 1 aromatic heterocycles. The first-order valence-corrected chi connectivity index (χ1v) is 5.68. The minimum Gasteiger partial charge on any atom is -0.464 e. The molecule has 0 bridgehead atoms. The van der Waals surface area contributed by atoms with E-state index >= 15 is 0 Å². The molecule has 5 heteroatoms. The molecule has 1 aliphatic heterocycles. The SMILES string of the molecule is COC(=O)c1ccc(CNCC2(C)COC2)[nH]1. The van der Waals surface area contributed by atoms with E-state index in [4.69, 9.17) is 4.74 Å². The summed E-state index contributed by atoms with van der Waals surface area (Å²) in [5, 5.41) is 3.35. The molecule has 0 radical (unpaired) electrons. The predicted molar refractivity (Wildman–Crippen MR) is 62.8 cm³/mol. The molecule has 1 aromatic rings. The number of hydrogen-bond donors (Lipinski definition) is 2. The van der Waals surface area contributed by atoms with Crippen LogP contribution in [-0.4, -0.2) is 37.8 Å². The summed E-state index contributed by atoms with van der Waals surface area (Å²) in [4.78, 5) is 14.2. The van der Waals surface area contributed by atoms with Gasteiger partial charge in [0.1, 0.15) is 5.69 Å². The topological polar surface area (TPSA) is 63.4 Å². The molecule has 0 aromatic carbocycles. The smallest absolute Gasteiger partial charge is 0.354 e. The first-order valence-electron chi connectivity index (χ1n) is 5.68. The van der Waals surface area contributed by atoms with Gasteiger partial charge in [-0.25, -0.2) is 4.79 Å². The normalized spacial score (nSPS) is 17.5. The Morgan fingerprint density at radius 2 is 2.35 bits per heavy atom. The quantitative estimate of drug-likeness (QED) is 0.749. The fourth-order valence-corrected chi connectivity index (χ4v) is 1.82. The summed E-state index contributed by atoms with van der Waals surface area (Å²) >= 11 is 0. The van der Waals surface area contributed by atoms with E-state index < -0.39 is 0 Å². The molecule has 0 unspecified atom stereocenters. The number of H-pyrrole nitrogens is 1. The van der Waals surface area contributed by atoms with Crippen LogP contribution in [0.3, 0.4) is 0 Å². The predicted octanol–water partition coefficient (Wildman–Crippen LogP) is 0.927. The molecule has 0 atom stereocenters. The maximum Gasteiger partial charge on any atom is 0.354 e. The highest BCUT2D eigenvalue weighted by Crippen LogP contribution is 2.25. The second-order valence-corrected chi connectivity index (χ2v) is 4.80. The van der Waals surface area contributed by atoms with Crippen molar-refractivity contribution in [2.45, 2.75) is 13.5 Å². The van der Waals surface area contributed by atoms with Gasteiger partial charge >= 0.3 is 5.97 Å². The van der Waals surface area contributed by atoms with Crippen LogP contribution in [-0.2, 0) is 16.0 Å². The Kier molecular flexibility index (Phi) is 3.49. The zero-order chi connectivity index (χ0) is 12.3. The Labute approximate surface area is 100 Å². The summed E-state index contributed by atoms with van der Waals surface area (Å²) in [6, 6.07) is 3.62. The van der Waals surface area contributed by atoms with E-state index in [2.05, 4.69) is 22.0 Å². The number of aromatic nitrogens is 1. The Hall–Kier alpha value is -1.33. The van der Waals surface area contributed by atoms with E-state index in [0.717, 1.165) is 25.5 Å². The van der Waals surface area contributed by atoms with Crippen LogP contribution < -0.4 is 5.32 Å². The Morgan fingerprint density at radius 3 is 2.94 bits per heavy atom. The molecule has 94 valence electrons. The highest BCUT2D eigenvalue weighted by atomic mass is 16.5. The third kappa shape index (κ3) is 2.87. The van der Waals surface area contributed by atoms with Crippen LogP contribution in [0.2, 0.25) is 0 Å². The maximum absolute atomic E-state index is 11.2. The lowest BCUT2D eigenvalue weighted by molar-refractivity contribution is -0.0991. The van der Waals surface area contributed by atoms with E-state index in [1.54, 1.807) is 6.07 Å². The van der Waals surface area contributed by atoms with Crippen molar-refractivity contribution >= 4 is 5.97 Å². The van der Waals surface area contributed by atoms with Crippen molar-refractivity contribution in [2.75, 3.05) is 26.9 Å². The van der Waals surface area contributed by atoms with Gasteiger partial charge in [-0.2, -0.15) is 0 Å². The molecular formula is C12H18N2O3. The first-order chi connectivity index (χ1) is 8.13. The molecule has 0 spiro atoms. The zero-order valence-electron chi connectivity index (χ0n) is 10.2. The Bertz CT molecular complexity index is 396. The minimum atomic E-state index is -0.337. The second kappa shape index (κ2) is 4.89. The molecule has 17 heavy (non-hydrogen) atoms. The number of hydrogen-bond acceptors (Lipinski definition) is 4. The van der Waals surface area contributed by atoms with E-state index in [-0.39, 0.29) is 11.4 Å². The average Bonchev–Trinajstić information content (AvgIpc) is 2.74. The largest absolute Gasteiger partial charge is 0.464 e. The number of nitrogens with one attached hydrogen (secondary N) is 2. The van der Waals surface area contributed by atoms with E-state index in [1.807, 2.05) is 6.07 Å². The second-order valence-electron chi connectivity index (χ2n) is 4.80. The molecular weight excluding hydrogens is 220 g/mol. The monoisotopic (exact) mass is 238 g/mol. The highest BCUT2D eigenvalue weighted by Gasteiger charge is 2.32. The van der Waals surface area contributed by atoms with Gasteiger partial charge in [0.2, 0.25) is 0 Å². The van der Waals surface area contributed by atoms with Crippen molar-refractivity contribution in [1.82, 2.24) is 10.3 Å². The number of carbonyl (C=O) groups excluding carboxylic acids is 1. The van der Waals surface area contributed by atoms with E-state index in [1.165, 1.54) is 7.11 Å². The molecule has 0 aliphatic carbocycles. The molecule has 1 saturated heterocycles. The third-order valence-electron chi connectivity index (χ3n) is 2.92. The molecule has 1 aliphatic rings. The van der Waals surface area contributed by atoms with Crippen molar-refractivity contribution in [3.8, 4) is 0 Å². The van der Waals surface area contributed by atoms with Gasteiger partial charge in [-0.1, -0.05) is 6.92 Å². The molecule has 2 heterocycles. The molecule has 1 fully saturated rings. The molecule has 0 amide bonds. The van der Waals surface area contributed by atoms with Crippen LogP contribution in [0, 0.1) is 5.41 Å². The molecule has 2 rings (SSSR count). The average molecular weight is 238 g/mol. The Balaban J connectivity index is 1.79.